The van der Waals surface area contributed by atoms with Crippen molar-refractivity contribution in [3.8, 4) is 5.75 Å². The molecule has 0 spiro atoms. The van der Waals surface area contributed by atoms with E-state index in [0.29, 0.717) is 5.75 Å². The Hall–Kier alpha value is -0.550. The van der Waals surface area contributed by atoms with Crippen molar-refractivity contribution >= 4 is 25.8 Å². The average molecular weight is 277 g/mol. The summed E-state index contributed by atoms with van der Waals surface area (Å²) in [5.41, 5.74) is 0. The van der Waals surface area contributed by atoms with Gasteiger partial charge in [-0.05, 0) is 24.3 Å². The van der Waals surface area contributed by atoms with E-state index in [2.05, 4.69) is 15.9 Å². The fraction of sp³-hybridized carbons (Fsp3) is 0.333. The van der Waals surface area contributed by atoms with E-state index in [-0.39, 0.29) is 17.6 Å². The van der Waals surface area contributed by atoms with E-state index in [1.165, 1.54) is 0 Å². The largest absolute Gasteiger partial charge is 0.488 e. The summed E-state index contributed by atoms with van der Waals surface area (Å²) in [7, 11) is -2.79. The lowest BCUT2D eigenvalue weighted by Gasteiger charge is -2.26. The van der Waals surface area contributed by atoms with Crippen LogP contribution >= 0.6 is 15.9 Å². The van der Waals surface area contributed by atoms with Crippen LogP contribution in [0.25, 0.3) is 0 Å². The van der Waals surface area contributed by atoms with E-state index in [1.54, 1.807) is 0 Å². The Morgan fingerprint density at radius 1 is 1.21 bits per heavy atom. The Balaban J connectivity index is 1.97. The van der Waals surface area contributed by atoms with Gasteiger partial charge in [0.1, 0.15) is 11.9 Å². The van der Waals surface area contributed by atoms with Gasteiger partial charge in [0.15, 0.2) is 9.84 Å². The third-order valence-electron chi connectivity index (χ3n) is 2.00. The molecule has 1 heterocycles. The van der Waals surface area contributed by atoms with E-state index in [9.17, 15) is 8.42 Å². The molecular weight excluding hydrogens is 268 g/mol. The number of ether oxygens (including phenoxy) is 1. The van der Waals surface area contributed by atoms with Crippen LogP contribution in [0.4, 0.5) is 0 Å². The molecule has 1 aromatic carbocycles. The maximum atomic E-state index is 10.9. The zero-order chi connectivity index (χ0) is 10.2. The molecule has 0 atom stereocenters. The molecule has 1 aliphatic heterocycles. The van der Waals surface area contributed by atoms with Crippen molar-refractivity contribution in [2.75, 3.05) is 11.5 Å². The maximum Gasteiger partial charge on any atom is 0.157 e. The van der Waals surface area contributed by atoms with Crippen LogP contribution in [-0.4, -0.2) is 26.0 Å². The molecule has 0 unspecified atom stereocenters. The third-order valence-corrected chi connectivity index (χ3v) is 4.28. The molecule has 1 aromatic rings. The van der Waals surface area contributed by atoms with Crippen molar-refractivity contribution < 1.29 is 13.2 Å². The molecule has 3 nitrogen and oxygen atoms in total. The lowest BCUT2D eigenvalue weighted by molar-refractivity contribution is 0.230. The van der Waals surface area contributed by atoms with Crippen molar-refractivity contribution in [3.05, 3.63) is 28.7 Å². The smallest absolute Gasteiger partial charge is 0.157 e. The first-order valence-electron chi connectivity index (χ1n) is 4.18. The summed E-state index contributed by atoms with van der Waals surface area (Å²) in [4.78, 5) is 0. The fourth-order valence-electron chi connectivity index (χ4n) is 1.29. The van der Waals surface area contributed by atoms with Gasteiger partial charge in [-0.25, -0.2) is 8.42 Å². The molecular formula is C9H9BrO3S. The Morgan fingerprint density at radius 2 is 1.79 bits per heavy atom. The van der Waals surface area contributed by atoms with Gasteiger partial charge in [0, 0.05) is 4.47 Å². The van der Waals surface area contributed by atoms with Crippen LogP contribution in [0.5, 0.6) is 5.75 Å². The van der Waals surface area contributed by atoms with Crippen LogP contribution in [0.15, 0.2) is 28.7 Å². The molecule has 0 aromatic heterocycles. The molecule has 2 rings (SSSR count). The molecule has 1 fully saturated rings. The van der Waals surface area contributed by atoms with Gasteiger partial charge in [0.2, 0.25) is 0 Å². The Kier molecular flexibility index (Phi) is 2.53. The normalized spacial score (nSPS) is 20.1. The zero-order valence-corrected chi connectivity index (χ0v) is 9.71. The number of sulfone groups is 1. The van der Waals surface area contributed by atoms with Crippen LogP contribution in [0.1, 0.15) is 0 Å². The second kappa shape index (κ2) is 3.55. The van der Waals surface area contributed by atoms with E-state index in [0.717, 1.165) is 4.47 Å². The van der Waals surface area contributed by atoms with Crippen molar-refractivity contribution in [1.29, 1.82) is 0 Å². The van der Waals surface area contributed by atoms with Crippen molar-refractivity contribution in [3.63, 3.8) is 0 Å². The topological polar surface area (TPSA) is 43.4 Å². The van der Waals surface area contributed by atoms with Crippen molar-refractivity contribution in [2.24, 2.45) is 0 Å². The Morgan fingerprint density at radius 3 is 2.29 bits per heavy atom. The van der Waals surface area contributed by atoms with Gasteiger partial charge in [-0.15, -0.1) is 0 Å². The van der Waals surface area contributed by atoms with Gasteiger partial charge >= 0.3 is 0 Å². The molecule has 14 heavy (non-hydrogen) atoms. The van der Waals surface area contributed by atoms with Gasteiger partial charge in [-0.1, -0.05) is 15.9 Å². The molecule has 0 N–H and O–H groups in total. The molecule has 1 saturated heterocycles. The molecule has 0 amide bonds. The summed E-state index contributed by atoms with van der Waals surface area (Å²) in [5, 5.41) is 0. The standard InChI is InChI=1S/C9H9BrO3S/c10-7-1-3-8(4-2-7)13-9-5-14(11,12)6-9/h1-4,9H,5-6H2. The predicted molar refractivity (Wildman–Crippen MR) is 57.2 cm³/mol. The highest BCUT2D eigenvalue weighted by molar-refractivity contribution is 9.10. The lowest BCUT2D eigenvalue weighted by Crippen LogP contribution is -2.45. The Labute approximate surface area is 91.1 Å². The highest BCUT2D eigenvalue weighted by Crippen LogP contribution is 2.21. The molecule has 0 bridgehead atoms. The van der Waals surface area contributed by atoms with Gasteiger partial charge < -0.3 is 4.74 Å². The minimum atomic E-state index is -2.79. The number of hydrogen-bond donors (Lipinski definition) is 0. The quantitative estimate of drug-likeness (QED) is 0.825. The predicted octanol–water partition coefficient (Wildman–Crippen LogP) is 1.62. The minimum Gasteiger partial charge on any atom is -0.488 e. The van der Waals surface area contributed by atoms with Crippen LogP contribution < -0.4 is 4.74 Å². The summed E-state index contributed by atoms with van der Waals surface area (Å²) in [5.74, 6) is 1.000. The lowest BCUT2D eigenvalue weighted by atomic mass is 10.3. The van der Waals surface area contributed by atoms with E-state index in [1.807, 2.05) is 24.3 Å². The van der Waals surface area contributed by atoms with Crippen molar-refractivity contribution in [2.45, 2.75) is 6.10 Å². The summed E-state index contributed by atoms with van der Waals surface area (Å²) in [6, 6.07) is 7.36. The highest BCUT2D eigenvalue weighted by Gasteiger charge is 2.35. The summed E-state index contributed by atoms with van der Waals surface area (Å²) >= 11 is 3.31. The number of rotatable bonds is 2. The second-order valence-electron chi connectivity index (χ2n) is 3.27. The van der Waals surface area contributed by atoms with Gasteiger partial charge in [0.05, 0.1) is 11.5 Å². The summed E-state index contributed by atoms with van der Waals surface area (Å²) < 4.78 is 28.1. The maximum absolute atomic E-state index is 10.9. The first kappa shape index (κ1) is 9.98. The molecule has 0 radical (unpaired) electrons. The SMILES string of the molecule is O=S1(=O)CC(Oc2ccc(Br)cc2)C1. The average Bonchev–Trinajstić information content (AvgIpc) is 2.06. The monoisotopic (exact) mass is 276 g/mol. The second-order valence-corrected chi connectivity index (χ2v) is 6.34. The first-order valence-corrected chi connectivity index (χ1v) is 6.79. The van der Waals surface area contributed by atoms with Crippen LogP contribution in [0.3, 0.4) is 0 Å². The van der Waals surface area contributed by atoms with Crippen LogP contribution in [0.2, 0.25) is 0 Å². The fourth-order valence-corrected chi connectivity index (χ4v) is 2.73. The van der Waals surface area contributed by atoms with Gasteiger partial charge in [-0.3, -0.25) is 0 Å². The van der Waals surface area contributed by atoms with Gasteiger partial charge in [-0.2, -0.15) is 0 Å². The molecule has 0 saturated carbocycles. The minimum absolute atomic E-state index is 0.142. The molecule has 76 valence electrons. The van der Waals surface area contributed by atoms with E-state index in [4.69, 9.17) is 4.74 Å². The number of hydrogen-bond acceptors (Lipinski definition) is 3. The Bertz CT molecular complexity index is 412. The van der Waals surface area contributed by atoms with Crippen molar-refractivity contribution in [1.82, 2.24) is 0 Å². The summed E-state index contributed by atoms with van der Waals surface area (Å²) in [6.45, 7) is 0. The number of halogens is 1. The molecule has 5 heteroatoms. The van der Waals surface area contributed by atoms with Crippen LogP contribution in [-0.2, 0) is 9.84 Å². The van der Waals surface area contributed by atoms with Crippen LogP contribution in [0, 0.1) is 0 Å². The molecule has 1 aliphatic rings. The summed E-state index contributed by atoms with van der Waals surface area (Å²) in [6.07, 6.45) is -0.166. The van der Waals surface area contributed by atoms with E-state index >= 15 is 0 Å². The van der Waals surface area contributed by atoms with E-state index < -0.39 is 9.84 Å². The third kappa shape index (κ3) is 2.27. The highest BCUT2D eigenvalue weighted by atomic mass is 79.9. The molecule has 0 aliphatic carbocycles. The zero-order valence-electron chi connectivity index (χ0n) is 7.31. The number of benzene rings is 1. The van der Waals surface area contributed by atoms with Gasteiger partial charge in [0.25, 0.3) is 0 Å². The first-order chi connectivity index (χ1) is 6.55.